The van der Waals surface area contributed by atoms with Crippen molar-refractivity contribution >= 4 is 120 Å². The third kappa shape index (κ3) is 10.9. The van der Waals surface area contributed by atoms with Gasteiger partial charge in [-0.05, 0) is 191 Å². The molecule has 10 nitrogen and oxygen atoms in total. The number of hydrogen-bond donors (Lipinski definition) is 0. The average molecular weight is 1570 g/mol. The van der Waals surface area contributed by atoms with Crippen molar-refractivity contribution in [1.82, 2.24) is 34.9 Å². The molecule has 0 amide bonds. The highest BCUT2D eigenvalue weighted by Gasteiger charge is 2.40. The zero-order chi connectivity index (χ0) is 81.4. The fourth-order valence-corrected chi connectivity index (χ4v) is 20.0. The van der Waals surface area contributed by atoms with Gasteiger partial charge in [0.1, 0.15) is 39.2 Å². The highest BCUT2D eigenvalue weighted by molar-refractivity contribution is 6.16. The molecule has 16 aromatic carbocycles. The maximum atomic E-state index is 6.68. The highest BCUT2D eigenvalue weighted by atomic mass is 16.3. The number of benzene rings is 16. The lowest BCUT2D eigenvalue weighted by Crippen LogP contribution is -2.14. The van der Waals surface area contributed by atoms with Crippen molar-refractivity contribution in [2.24, 2.45) is 0 Å². The van der Waals surface area contributed by atoms with Crippen molar-refractivity contribution in [2.75, 3.05) is 0 Å². The van der Waals surface area contributed by atoms with Gasteiger partial charge in [0.25, 0.3) is 0 Å². The van der Waals surface area contributed by atoms with Gasteiger partial charge in [0.2, 0.25) is 0 Å². The van der Waals surface area contributed by atoms with Crippen LogP contribution in [0.5, 0.6) is 0 Å². The van der Waals surface area contributed by atoms with Crippen LogP contribution in [0.3, 0.4) is 0 Å². The smallest absolute Gasteiger partial charge is 0.161 e. The molecule has 10 heteroatoms. The lowest BCUT2D eigenvalue weighted by atomic mass is 9.82. The number of fused-ring (bicyclic) bond motifs is 23. The van der Waals surface area contributed by atoms with E-state index in [2.05, 4.69) is 307 Å². The second-order valence-electron chi connectivity index (χ2n) is 34.1. The maximum Gasteiger partial charge on any atom is 0.161 e. The quantitative estimate of drug-likeness (QED) is 0.148. The van der Waals surface area contributed by atoms with Crippen LogP contribution < -0.4 is 0 Å². The van der Waals surface area contributed by atoms with Crippen molar-refractivity contribution < 1.29 is 13.3 Å². The molecule has 7 heterocycles. The third-order valence-corrected chi connectivity index (χ3v) is 26.1. The predicted octanol–water partition coefficient (Wildman–Crippen LogP) is 29.2. The van der Waals surface area contributed by atoms with Crippen LogP contribution in [0.2, 0.25) is 0 Å². The Morgan fingerprint density at radius 2 is 0.615 bits per heavy atom. The minimum absolute atomic E-state index is 0.0511. The first-order chi connectivity index (χ1) is 59.7. The summed E-state index contributed by atoms with van der Waals surface area (Å²) in [6, 6.07) is 119. The molecule has 0 unspecified atom stereocenters. The minimum Gasteiger partial charge on any atom is -0.456 e. The summed E-state index contributed by atoms with van der Waals surface area (Å²) in [6.45, 7) is 13.9. The largest absolute Gasteiger partial charge is 0.456 e. The van der Waals surface area contributed by atoms with E-state index in [0.29, 0.717) is 11.6 Å². The fourth-order valence-electron chi connectivity index (χ4n) is 20.0. The predicted molar refractivity (Wildman–Crippen MR) is 499 cm³/mol. The molecule has 3 aliphatic carbocycles. The van der Waals surface area contributed by atoms with Crippen molar-refractivity contribution in [3.63, 3.8) is 0 Å². The Bertz CT molecular complexity index is 8330. The van der Waals surface area contributed by atoms with Gasteiger partial charge in [0, 0.05) is 98.7 Å². The summed E-state index contributed by atoms with van der Waals surface area (Å²) < 4.78 is 19.8. The van der Waals surface area contributed by atoms with Gasteiger partial charge in [0.05, 0.1) is 33.6 Å². The van der Waals surface area contributed by atoms with E-state index in [1.807, 2.05) is 78.9 Å². The lowest BCUT2D eigenvalue weighted by Gasteiger charge is -2.21. The topological polar surface area (TPSA) is 130 Å². The molecule has 26 rings (SSSR count). The first-order valence-corrected chi connectivity index (χ1v) is 41.7. The number of furan rings is 3. The summed E-state index contributed by atoms with van der Waals surface area (Å²) in [7, 11) is 0. The van der Waals surface area contributed by atoms with Crippen LogP contribution in [-0.2, 0) is 16.2 Å². The van der Waals surface area contributed by atoms with Crippen LogP contribution in [0, 0.1) is 0 Å². The van der Waals surface area contributed by atoms with Gasteiger partial charge >= 0.3 is 0 Å². The Balaban J connectivity index is 0.000000104. The molecule has 0 aliphatic heterocycles. The summed E-state index contributed by atoms with van der Waals surface area (Å²) in [5.74, 6) is 2.10. The van der Waals surface area contributed by atoms with Crippen LogP contribution in [0.4, 0.5) is 0 Å². The van der Waals surface area contributed by atoms with E-state index in [1.54, 1.807) is 6.20 Å². The van der Waals surface area contributed by atoms with Gasteiger partial charge < -0.3 is 13.3 Å². The molecule has 0 atom stereocenters. The van der Waals surface area contributed by atoms with E-state index >= 15 is 0 Å². The van der Waals surface area contributed by atoms with Gasteiger partial charge in [-0.3, -0.25) is 4.98 Å². The number of nitrogens with zero attached hydrogens (tertiary/aromatic N) is 7. The van der Waals surface area contributed by atoms with Gasteiger partial charge in [-0.1, -0.05) is 278 Å². The van der Waals surface area contributed by atoms with Crippen molar-refractivity contribution in [2.45, 2.75) is 57.8 Å². The number of pyridine rings is 1. The zero-order valence-corrected chi connectivity index (χ0v) is 67.8. The monoisotopic (exact) mass is 1570 g/mol. The SMILES string of the molecule is CC1(C)c2ccccc2-c2cc3oc4c(-c5nc(-c6ccccc6)nc6ccccc56)cccc4c3cc21.CC1(C)c2ccccc2-c2cc3oc4cc(-c5nc(-c6c7ccccc7cc7ccccc67)nc6ccccc56)ccc4c3cc21.CC1(C)c2ccccc2-c2cc3oc4cc(-c5nc(-c6ccccn6)c6ccccc6n5)ccc4c3cc21. The minimum atomic E-state index is -0.0638. The Hall–Kier alpha value is -15.4. The van der Waals surface area contributed by atoms with E-state index in [1.165, 1.54) is 77.5 Å². The standard InChI is InChI=1S/C43H28N2O.C35H24N2O.C34H23N3O/c1-43(2)35-17-9-7-15-30(35)33-24-39-34(23-36(33)43)31-20-19-27(22-38(31)46-39)41-32-16-8-10-18-37(32)44-42(45-41)40-28-13-5-3-11-25(28)21-26-12-4-6-14-29(26)40;1-35(2)28-17-8-6-13-22(28)26-20-31-27(19-29(26)35)23-15-10-16-25(33(23)38-31)32-24-14-7-9-18-30(24)36-34(37-32)21-11-4-3-5-12-21;1-34(2)26-11-5-3-9-21(26)24-19-31-25(18-27(24)34)22-15-14-20(17-30(22)38-31)33-36-28-12-6-4-10-23(28)32(37-33)29-13-7-8-16-35-29/h3-24H,1-2H3;3-20H,1-2H3;3-19H,1-2H3. The molecule has 0 saturated heterocycles. The summed E-state index contributed by atoms with van der Waals surface area (Å²) in [4.78, 5) is 35.0. The van der Waals surface area contributed by atoms with E-state index < -0.39 is 0 Å². The molecule has 0 fully saturated rings. The Labute approximate surface area is 702 Å². The van der Waals surface area contributed by atoms with Crippen LogP contribution in [-0.4, -0.2) is 34.9 Å². The Kier molecular flexibility index (Phi) is 15.6. The summed E-state index contributed by atoms with van der Waals surface area (Å²) in [5, 5.41) is 14.4. The molecule has 0 saturated carbocycles. The third-order valence-electron chi connectivity index (χ3n) is 26.1. The molecule has 7 aromatic heterocycles. The Morgan fingerprint density at radius 3 is 1.16 bits per heavy atom. The van der Waals surface area contributed by atoms with Gasteiger partial charge in [-0.15, -0.1) is 0 Å². The molecular formula is C112H75N7O3. The molecule has 0 bridgehead atoms. The van der Waals surface area contributed by atoms with Gasteiger partial charge in [-0.2, -0.15) is 0 Å². The number of rotatable bonds is 6. The maximum absolute atomic E-state index is 6.68. The Morgan fingerprint density at radius 1 is 0.221 bits per heavy atom. The average Bonchev–Trinajstić information content (AvgIpc) is 1.54. The second kappa shape index (κ2) is 26.8. The van der Waals surface area contributed by atoms with E-state index in [9.17, 15) is 0 Å². The van der Waals surface area contributed by atoms with Gasteiger partial charge in [-0.25, -0.2) is 29.9 Å². The summed E-state index contributed by atoms with van der Waals surface area (Å²) in [5.41, 5.74) is 32.0. The number of aromatic nitrogens is 7. The van der Waals surface area contributed by atoms with Crippen LogP contribution in [0.25, 0.3) is 222 Å². The first kappa shape index (κ1) is 70.8. The van der Waals surface area contributed by atoms with Crippen LogP contribution in [0.15, 0.2) is 359 Å². The van der Waals surface area contributed by atoms with Crippen LogP contribution >= 0.6 is 0 Å². The molecule has 23 aromatic rings. The van der Waals surface area contributed by atoms with E-state index in [0.717, 1.165) is 166 Å². The van der Waals surface area contributed by atoms with Crippen molar-refractivity contribution in [3.8, 4) is 101 Å². The van der Waals surface area contributed by atoms with E-state index in [-0.39, 0.29) is 16.2 Å². The normalized spacial score (nSPS) is 13.7. The van der Waals surface area contributed by atoms with Crippen molar-refractivity contribution in [1.29, 1.82) is 0 Å². The molecular weight excluding hydrogens is 1490 g/mol. The first-order valence-electron chi connectivity index (χ1n) is 41.7. The summed E-state index contributed by atoms with van der Waals surface area (Å²) in [6.07, 6.45) is 1.80. The molecule has 3 aliphatic rings. The molecule has 0 spiro atoms. The molecule has 122 heavy (non-hydrogen) atoms. The highest BCUT2D eigenvalue weighted by Crippen LogP contribution is 2.55. The molecule has 576 valence electrons. The summed E-state index contributed by atoms with van der Waals surface area (Å²) >= 11 is 0. The number of hydrogen-bond acceptors (Lipinski definition) is 10. The van der Waals surface area contributed by atoms with Crippen molar-refractivity contribution in [3.05, 3.63) is 379 Å². The fraction of sp³-hybridized carbons (Fsp3) is 0.0804. The second-order valence-corrected chi connectivity index (χ2v) is 34.1. The van der Waals surface area contributed by atoms with Crippen LogP contribution in [0.1, 0.15) is 74.9 Å². The van der Waals surface area contributed by atoms with E-state index in [4.69, 9.17) is 43.2 Å². The molecule has 0 N–H and O–H groups in total. The number of para-hydroxylation sites is 4. The van der Waals surface area contributed by atoms with Gasteiger partial charge in [0.15, 0.2) is 17.5 Å². The lowest BCUT2D eigenvalue weighted by molar-refractivity contribution is 0.657. The molecule has 0 radical (unpaired) electrons. The zero-order valence-electron chi connectivity index (χ0n) is 67.8.